The van der Waals surface area contributed by atoms with E-state index in [9.17, 15) is 4.79 Å². The lowest BCUT2D eigenvalue weighted by Gasteiger charge is -2.09. The minimum absolute atomic E-state index is 0.0719. The highest BCUT2D eigenvalue weighted by Gasteiger charge is 2.02. The highest BCUT2D eigenvalue weighted by molar-refractivity contribution is 5.42. The molecule has 1 atom stereocenters. The van der Waals surface area contributed by atoms with Gasteiger partial charge in [0.15, 0.2) is 0 Å². The van der Waals surface area contributed by atoms with Gasteiger partial charge in [0.1, 0.15) is 0 Å². The van der Waals surface area contributed by atoms with Gasteiger partial charge in [-0.15, -0.1) is 0 Å². The van der Waals surface area contributed by atoms with E-state index in [0.29, 0.717) is 18.7 Å². The van der Waals surface area contributed by atoms with Crippen LogP contribution in [0.3, 0.4) is 0 Å². The maximum atomic E-state index is 11.4. The second-order valence-corrected chi connectivity index (χ2v) is 3.58. The van der Waals surface area contributed by atoms with Crippen molar-refractivity contribution in [1.82, 2.24) is 4.57 Å². The molecule has 4 nitrogen and oxygen atoms in total. The van der Waals surface area contributed by atoms with Crippen LogP contribution in [0.15, 0.2) is 17.1 Å². The molecule has 1 heterocycles. The zero-order chi connectivity index (χ0) is 10.7. The maximum absolute atomic E-state index is 11.4. The molecule has 0 aromatic carbocycles. The van der Waals surface area contributed by atoms with Gasteiger partial charge in [-0.3, -0.25) is 4.79 Å². The highest BCUT2D eigenvalue weighted by atomic mass is 16.3. The van der Waals surface area contributed by atoms with Gasteiger partial charge in [-0.25, -0.2) is 0 Å². The molecule has 0 saturated carbocycles. The number of hydrogen-bond donors (Lipinski definition) is 2. The molecule has 0 spiro atoms. The van der Waals surface area contributed by atoms with Crippen LogP contribution in [0.4, 0.5) is 5.69 Å². The molecule has 0 amide bonds. The van der Waals surface area contributed by atoms with Gasteiger partial charge in [0.25, 0.3) is 5.56 Å². The fourth-order valence-electron chi connectivity index (χ4n) is 1.19. The Morgan fingerprint density at radius 3 is 2.86 bits per heavy atom. The number of aryl methyl sites for hydroxylation is 2. The Morgan fingerprint density at radius 1 is 1.64 bits per heavy atom. The van der Waals surface area contributed by atoms with Crippen LogP contribution in [0.1, 0.15) is 18.9 Å². The zero-order valence-corrected chi connectivity index (χ0v) is 8.53. The number of nitrogen functional groups attached to an aromatic ring is 1. The molecule has 3 N–H and O–H groups in total. The summed E-state index contributed by atoms with van der Waals surface area (Å²) < 4.78 is 1.52. The van der Waals surface area contributed by atoms with E-state index in [2.05, 4.69) is 0 Å². The summed E-state index contributed by atoms with van der Waals surface area (Å²) in [6.45, 7) is 4.00. The van der Waals surface area contributed by atoms with Gasteiger partial charge in [0, 0.05) is 18.8 Å². The van der Waals surface area contributed by atoms with Crippen LogP contribution in [0.2, 0.25) is 0 Å². The van der Waals surface area contributed by atoms with Gasteiger partial charge in [-0.2, -0.15) is 0 Å². The predicted molar refractivity (Wildman–Crippen MR) is 56.1 cm³/mol. The molecule has 14 heavy (non-hydrogen) atoms. The molecule has 1 unspecified atom stereocenters. The number of rotatable bonds is 3. The summed E-state index contributed by atoms with van der Waals surface area (Å²) >= 11 is 0. The van der Waals surface area contributed by atoms with Crippen LogP contribution in [-0.2, 0) is 6.54 Å². The molecule has 0 saturated heterocycles. The molecule has 0 aliphatic carbocycles. The Balaban J connectivity index is 2.88. The van der Waals surface area contributed by atoms with Gasteiger partial charge in [-0.05, 0) is 25.8 Å². The SMILES string of the molecule is Cc1cc(=O)n(CCC(C)O)cc1N. The van der Waals surface area contributed by atoms with Crippen molar-refractivity contribution in [2.75, 3.05) is 5.73 Å². The number of aromatic nitrogens is 1. The Bertz CT molecular complexity index is 369. The fraction of sp³-hybridized carbons (Fsp3) is 0.500. The number of pyridine rings is 1. The lowest BCUT2D eigenvalue weighted by Crippen LogP contribution is -2.21. The van der Waals surface area contributed by atoms with Crippen molar-refractivity contribution in [1.29, 1.82) is 0 Å². The maximum Gasteiger partial charge on any atom is 0.250 e. The van der Waals surface area contributed by atoms with Crippen molar-refractivity contribution in [3.8, 4) is 0 Å². The minimum Gasteiger partial charge on any atom is -0.397 e. The molecule has 0 radical (unpaired) electrons. The first-order valence-corrected chi connectivity index (χ1v) is 4.65. The van der Waals surface area contributed by atoms with Crippen molar-refractivity contribution in [3.05, 3.63) is 28.2 Å². The smallest absolute Gasteiger partial charge is 0.250 e. The lowest BCUT2D eigenvalue weighted by molar-refractivity contribution is 0.177. The number of aliphatic hydroxyl groups excluding tert-OH is 1. The average molecular weight is 196 g/mol. The minimum atomic E-state index is -0.399. The molecule has 0 aliphatic heterocycles. The zero-order valence-electron chi connectivity index (χ0n) is 8.53. The van der Waals surface area contributed by atoms with Crippen molar-refractivity contribution < 1.29 is 5.11 Å². The first-order valence-electron chi connectivity index (χ1n) is 4.65. The summed E-state index contributed by atoms with van der Waals surface area (Å²) in [7, 11) is 0. The van der Waals surface area contributed by atoms with E-state index in [1.54, 1.807) is 20.0 Å². The summed E-state index contributed by atoms with van der Waals surface area (Å²) in [5, 5.41) is 9.08. The molecule has 0 fully saturated rings. The van der Waals surface area contributed by atoms with Crippen molar-refractivity contribution in [3.63, 3.8) is 0 Å². The highest BCUT2D eigenvalue weighted by Crippen LogP contribution is 2.06. The third kappa shape index (κ3) is 2.60. The average Bonchev–Trinajstić information content (AvgIpc) is 2.09. The Kier molecular flexibility index (Phi) is 3.30. The first kappa shape index (κ1) is 10.8. The number of nitrogens with zero attached hydrogens (tertiary/aromatic N) is 1. The third-order valence-electron chi connectivity index (χ3n) is 2.16. The largest absolute Gasteiger partial charge is 0.397 e. The van der Waals surface area contributed by atoms with Crippen molar-refractivity contribution in [2.45, 2.75) is 32.9 Å². The second kappa shape index (κ2) is 4.28. The van der Waals surface area contributed by atoms with Crippen LogP contribution < -0.4 is 11.3 Å². The monoisotopic (exact) mass is 196 g/mol. The van der Waals surface area contributed by atoms with Gasteiger partial charge in [0.2, 0.25) is 0 Å². The third-order valence-corrected chi connectivity index (χ3v) is 2.16. The van der Waals surface area contributed by atoms with E-state index in [0.717, 1.165) is 5.56 Å². The Morgan fingerprint density at radius 2 is 2.29 bits per heavy atom. The summed E-state index contributed by atoms with van der Waals surface area (Å²) in [5.41, 5.74) is 7.00. The van der Waals surface area contributed by atoms with E-state index >= 15 is 0 Å². The van der Waals surface area contributed by atoms with Crippen LogP contribution in [0.5, 0.6) is 0 Å². The van der Waals surface area contributed by atoms with Gasteiger partial charge in [0.05, 0.1) is 11.8 Å². The molecular formula is C10H16N2O2. The Labute approximate surface area is 83.0 Å². The molecule has 1 aromatic heterocycles. The molecule has 78 valence electrons. The summed E-state index contributed by atoms with van der Waals surface area (Å²) in [5.74, 6) is 0. The van der Waals surface area contributed by atoms with Crippen molar-refractivity contribution >= 4 is 5.69 Å². The molecule has 4 heteroatoms. The topological polar surface area (TPSA) is 68.2 Å². The fourth-order valence-corrected chi connectivity index (χ4v) is 1.19. The van der Waals surface area contributed by atoms with Crippen LogP contribution in [0, 0.1) is 6.92 Å². The van der Waals surface area contributed by atoms with Gasteiger partial charge < -0.3 is 15.4 Å². The molecule has 0 bridgehead atoms. The molecular weight excluding hydrogens is 180 g/mol. The standard InChI is InChI=1S/C10H16N2O2/c1-7-5-10(14)12(6-9(7)11)4-3-8(2)13/h5-6,8,13H,3-4,11H2,1-2H3. The summed E-state index contributed by atoms with van der Waals surface area (Å²) in [6, 6.07) is 1.51. The lowest BCUT2D eigenvalue weighted by atomic mass is 10.2. The molecule has 1 aromatic rings. The number of hydrogen-bond acceptors (Lipinski definition) is 3. The molecule has 0 aliphatic rings. The Hall–Kier alpha value is -1.29. The quantitative estimate of drug-likeness (QED) is 0.740. The van der Waals surface area contributed by atoms with E-state index in [4.69, 9.17) is 10.8 Å². The van der Waals surface area contributed by atoms with Crippen LogP contribution >= 0.6 is 0 Å². The van der Waals surface area contributed by atoms with Gasteiger partial charge >= 0.3 is 0 Å². The number of anilines is 1. The van der Waals surface area contributed by atoms with Gasteiger partial charge in [-0.1, -0.05) is 0 Å². The van der Waals surface area contributed by atoms with E-state index in [1.165, 1.54) is 10.6 Å². The van der Waals surface area contributed by atoms with Crippen LogP contribution in [0.25, 0.3) is 0 Å². The summed E-state index contributed by atoms with van der Waals surface area (Å²) in [6.07, 6.45) is 1.78. The van der Waals surface area contributed by atoms with E-state index in [-0.39, 0.29) is 5.56 Å². The molecule has 1 rings (SSSR count). The number of nitrogens with two attached hydrogens (primary N) is 1. The normalized spacial score (nSPS) is 12.8. The van der Waals surface area contributed by atoms with Crippen LogP contribution in [-0.4, -0.2) is 15.8 Å². The van der Waals surface area contributed by atoms with E-state index in [1.807, 2.05) is 0 Å². The second-order valence-electron chi connectivity index (χ2n) is 3.58. The first-order chi connectivity index (χ1) is 6.50. The van der Waals surface area contributed by atoms with Crippen molar-refractivity contribution in [2.24, 2.45) is 0 Å². The van der Waals surface area contributed by atoms with E-state index < -0.39 is 6.10 Å². The number of aliphatic hydroxyl groups is 1. The summed E-state index contributed by atoms with van der Waals surface area (Å²) in [4.78, 5) is 11.4. The predicted octanol–water partition coefficient (Wildman–Crippen LogP) is 0.510.